The zero-order valence-corrected chi connectivity index (χ0v) is 17.9. The number of hydrogen-bond donors (Lipinski definition) is 0. The van der Waals surface area contributed by atoms with Crippen molar-refractivity contribution in [1.82, 2.24) is 9.80 Å². The molecule has 0 N–H and O–H groups in total. The third-order valence-corrected chi connectivity index (χ3v) is 5.55. The first kappa shape index (κ1) is 22.4. The van der Waals surface area contributed by atoms with Gasteiger partial charge < -0.3 is 4.74 Å². The SMILES string of the molecule is CCN(CCCCCN1C(=O)c2ccc([N+](=O)[O-])cc2C1=O)Cc1ccccc1OC. The van der Waals surface area contributed by atoms with Crippen LogP contribution in [0.4, 0.5) is 5.69 Å². The Labute approximate surface area is 181 Å². The molecule has 0 saturated carbocycles. The minimum atomic E-state index is -0.564. The second-order valence-electron chi connectivity index (χ2n) is 7.49. The first-order valence-corrected chi connectivity index (χ1v) is 10.4. The van der Waals surface area contributed by atoms with Crippen LogP contribution < -0.4 is 4.74 Å². The van der Waals surface area contributed by atoms with Gasteiger partial charge in [0.2, 0.25) is 0 Å². The van der Waals surface area contributed by atoms with Crippen LogP contribution in [-0.4, -0.2) is 53.3 Å². The first-order chi connectivity index (χ1) is 15.0. The first-order valence-electron chi connectivity index (χ1n) is 10.4. The Bertz CT molecular complexity index is 975. The number of fused-ring (bicyclic) bond motifs is 1. The van der Waals surface area contributed by atoms with Crippen molar-refractivity contribution in [3.63, 3.8) is 0 Å². The van der Waals surface area contributed by atoms with E-state index in [1.807, 2.05) is 18.2 Å². The van der Waals surface area contributed by atoms with Crippen LogP contribution in [0.25, 0.3) is 0 Å². The van der Waals surface area contributed by atoms with Crippen molar-refractivity contribution >= 4 is 17.5 Å². The number of rotatable bonds is 11. The summed E-state index contributed by atoms with van der Waals surface area (Å²) in [6, 6.07) is 11.8. The molecule has 3 rings (SSSR count). The molecule has 2 aromatic carbocycles. The molecular weight excluding hydrogens is 398 g/mol. The highest BCUT2D eigenvalue weighted by molar-refractivity contribution is 6.21. The zero-order valence-electron chi connectivity index (χ0n) is 17.9. The number of carbonyl (C=O) groups is 2. The third-order valence-electron chi connectivity index (χ3n) is 5.55. The van der Waals surface area contributed by atoms with Crippen LogP contribution in [0.3, 0.4) is 0 Å². The smallest absolute Gasteiger partial charge is 0.270 e. The van der Waals surface area contributed by atoms with E-state index in [2.05, 4.69) is 17.9 Å². The molecule has 31 heavy (non-hydrogen) atoms. The fourth-order valence-corrected chi connectivity index (χ4v) is 3.80. The second-order valence-corrected chi connectivity index (χ2v) is 7.49. The highest BCUT2D eigenvalue weighted by atomic mass is 16.6. The van der Waals surface area contributed by atoms with E-state index >= 15 is 0 Å². The number of ether oxygens (including phenoxy) is 1. The minimum absolute atomic E-state index is 0.119. The Kier molecular flexibility index (Phi) is 7.36. The molecule has 0 fully saturated rings. The van der Waals surface area contributed by atoms with Crippen molar-refractivity contribution in [3.05, 3.63) is 69.3 Å². The lowest BCUT2D eigenvalue weighted by molar-refractivity contribution is -0.384. The molecule has 0 saturated heterocycles. The summed E-state index contributed by atoms with van der Waals surface area (Å²) in [7, 11) is 1.67. The predicted octanol–water partition coefficient (Wildman–Crippen LogP) is 3.89. The van der Waals surface area contributed by atoms with Gasteiger partial charge in [0, 0.05) is 30.8 Å². The molecule has 0 bridgehead atoms. The van der Waals surface area contributed by atoms with E-state index in [1.165, 1.54) is 23.1 Å². The van der Waals surface area contributed by atoms with E-state index in [9.17, 15) is 19.7 Å². The predicted molar refractivity (Wildman–Crippen MR) is 116 cm³/mol. The molecule has 0 unspecified atom stereocenters. The van der Waals surface area contributed by atoms with E-state index < -0.39 is 10.8 Å². The molecule has 0 radical (unpaired) electrons. The molecular formula is C23H27N3O5. The summed E-state index contributed by atoms with van der Waals surface area (Å²) in [5.41, 5.74) is 1.32. The molecule has 1 aliphatic rings. The van der Waals surface area contributed by atoms with Gasteiger partial charge in [-0.15, -0.1) is 0 Å². The molecule has 164 valence electrons. The molecule has 2 aromatic rings. The Morgan fingerprint density at radius 2 is 1.77 bits per heavy atom. The summed E-state index contributed by atoms with van der Waals surface area (Å²) >= 11 is 0. The standard InChI is InChI=1S/C23H27N3O5/c1-3-24(16-17-9-5-6-10-21(17)31-2)13-7-4-8-14-25-22(27)19-12-11-18(26(29)30)15-20(19)23(25)28/h5-6,9-12,15H,3-4,7-8,13-14,16H2,1-2H3. The van der Waals surface area contributed by atoms with Gasteiger partial charge in [0.1, 0.15) is 5.75 Å². The fourth-order valence-electron chi connectivity index (χ4n) is 3.80. The van der Waals surface area contributed by atoms with E-state index in [0.29, 0.717) is 13.0 Å². The quantitative estimate of drug-likeness (QED) is 0.235. The van der Waals surface area contributed by atoms with Gasteiger partial charge in [-0.05, 0) is 38.1 Å². The summed E-state index contributed by atoms with van der Waals surface area (Å²) in [5, 5.41) is 10.9. The molecule has 0 aromatic heterocycles. The summed E-state index contributed by atoms with van der Waals surface area (Å²) in [5.74, 6) is 0.0584. The number of hydrogen-bond acceptors (Lipinski definition) is 6. The molecule has 0 aliphatic carbocycles. The number of nitro benzene ring substituents is 1. The number of imide groups is 1. The highest BCUT2D eigenvalue weighted by Gasteiger charge is 2.36. The molecule has 0 spiro atoms. The Balaban J connectivity index is 1.47. The number of non-ortho nitro benzene ring substituents is 1. The zero-order chi connectivity index (χ0) is 22.4. The van der Waals surface area contributed by atoms with Gasteiger partial charge in [0.15, 0.2) is 0 Å². The molecule has 8 heteroatoms. The number of para-hydroxylation sites is 1. The lowest BCUT2D eigenvalue weighted by Gasteiger charge is -2.22. The Morgan fingerprint density at radius 1 is 1.03 bits per heavy atom. The van der Waals surface area contributed by atoms with Gasteiger partial charge in [-0.2, -0.15) is 0 Å². The number of nitrogens with zero attached hydrogens (tertiary/aromatic N) is 3. The van der Waals surface area contributed by atoms with Gasteiger partial charge >= 0.3 is 0 Å². The van der Waals surface area contributed by atoms with Crippen LogP contribution >= 0.6 is 0 Å². The summed E-state index contributed by atoms with van der Waals surface area (Å²) in [6.45, 7) is 5.06. The van der Waals surface area contributed by atoms with Crippen molar-refractivity contribution in [2.75, 3.05) is 26.7 Å². The third kappa shape index (κ3) is 5.08. The maximum atomic E-state index is 12.5. The number of benzene rings is 2. The van der Waals surface area contributed by atoms with E-state index in [4.69, 9.17) is 4.74 Å². The van der Waals surface area contributed by atoms with E-state index in [1.54, 1.807) is 7.11 Å². The maximum absolute atomic E-state index is 12.5. The Morgan fingerprint density at radius 3 is 2.48 bits per heavy atom. The maximum Gasteiger partial charge on any atom is 0.270 e. The molecule has 8 nitrogen and oxygen atoms in total. The molecule has 0 atom stereocenters. The second kappa shape index (κ2) is 10.2. The number of methoxy groups -OCH3 is 1. The Hall–Kier alpha value is -3.26. The summed E-state index contributed by atoms with van der Waals surface area (Å²) in [4.78, 5) is 38.9. The number of amides is 2. The number of carbonyl (C=O) groups excluding carboxylic acids is 2. The molecule has 1 aliphatic heterocycles. The fraction of sp³-hybridized carbons (Fsp3) is 0.391. The van der Waals surface area contributed by atoms with E-state index in [-0.39, 0.29) is 22.7 Å². The van der Waals surface area contributed by atoms with Gasteiger partial charge in [-0.1, -0.05) is 31.5 Å². The number of nitro groups is 1. The van der Waals surface area contributed by atoms with Crippen molar-refractivity contribution < 1.29 is 19.2 Å². The highest BCUT2D eigenvalue weighted by Crippen LogP contribution is 2.27. The van der Waals surface area contributed by atoms with Gasteiger partial charge in [0.25, 0.3) is 17.5 Å². The average Bonchev–Trinajstić information content (AvgIpc) is 3.02. The van der Waals surface area contributed by atoms with Crippen LogP contribution in [0, 0.1) is 10.1 Å². The van der Waals surface area contributed by atoms with Crippen molar-refractivity contribution in [3.8, 4) is 5.75 Å². The lowest BCUT2D eigenvalue weighted by atomic mass is 10.1. The largest absolute Gasteiger partial charge is 0.496 e. The monoisotopic (exact) mass is 425 g/mol. The average molecular weight is 425 g/mol. The lowest BCUT2D eigenvalue weighted by Crippen LogP contribution is -2.31. The van der Waals surface area contributed by atoms with Crippen LogP contribution in [0.2, 0.25) is 0 Å². The normalized spacial score (nSPS) is 13.1. The summed E-state index contributed by atoms with van der Waals surface area (Å²) in [6.07, 6.45) is 2.51. The minimum Gasteiger partial charge on any atom is -0.496 e. The van der Waals surface area contributed by atoms with Crippen molar-refractivity contribution in [1.29, 1.82) is 0 Å². The van der Waals surface area contributed by atoms with Crippen molar-refractivity contribution in [2.45, 2.75) is 32.7 Å². The van der Waals surface area contributed by atoms with Crippen LogP contribution in [-0.2, 0) is 6.54 Å². The van der Waals surface area contributed by atoms with Gasteiger partial charge in [-0.25, -0.2) is 0 Å². The number of unbranched alkanes of at least 4 members (excludes halogenated alkanes) is 2. The van der Waals surface area contributed by atoms with Gasteiger partial charge in [-0.3, -0.25) is 29.5 Å². The van der Waals surface area contributed by atoms with Crippen LogP contribution in [0.15, 0.2) is 42.5 Å². The van der Waals surface area contributed by atoms with E-state index in [0.717, 1.165) is 43.8 Å². The topological polar surface area (TPSA) is 93.0 Å². The summed E-state index contributed by atoms with van der Waals surface area (Å²) < 4.78 is 5.42. The molecule has 2 amide bonds. The van der Waals surface area contributed by atoms with Crippen molar-refractivity contribution in [2.24, 2.45) is 0 Å². The van der Waals surface area contributed by atoms with Crippen LogP contribution in [0.1, 0.15) is 52.5 Å². The molecule has 1 heterocycles. The van der Waals surface area contributed by atoms with Gasteiger partial charge in [0.05, 0.1) is 23.2 Å². The van der Waals surface area contributed by atoms with Crippen LogP contribution in [0.5, 0.6) is 5.75 Å².